The SMILES string of the molecule is CC(C)[C@H](NC(=O)[C@H](CCCCN)NC(=O)[C@@H](Cc1ccccc1F)NC(=O)[C@H](Cc1ccc(O)cc1)NC(=O)[C@H](CS)NC(=O)[C@@H](N)Cc1ccc2ccccc2c1)C(=O)N[C@@H](CS)C(=O)N[C@H](C(N)=O)[C@@H](C)O. The minimum Gasteiger partial charge on any atom is -0.508 e. The van der Waals surface area contributed by atoms with Crippen LogP contribution in [0, 0.1) is 11.7 Å². The monoisotopic (exact) mass is 1080 g/mol. The molecule has 4 aromatic rings. The Balaban J connectivity index is 1.58. The van der Waals surface area contributed by atoms with Crippen LogP contribution in [0.25, 0.3) is 10.8 Å². The van der Waals surface area contributed by atoms with Gasteiger partial charge in [-0.05, 0) is 90.7 Å². The van der Waals surface area contributed by atoms with E-state index in [0.717, 1.165) is 22.4 Å². The van der Waals surface area contributed by atoms with Gasteiger partial charge in [0, 0.05) is 24.3 Å². The van der Waals surface area contributed by atoms with E-state index in [1.54, 1.807) is 13.8 Å². The van der Waals surface area contributed by atoms with Gasteiger partial charge in [0.25, 0.3) is 0 Å². The predicted octanol–water partition coefficient (Wildman–Crippen LogP) is -0.0560. The molecule has 15 N–H and O–H groups in total. The Hall–Kier alpha value is -6.79. The zero-order chi connectivity index (χ0) is 55.4. The Bertz CT molecular complexity index is 2610. The number of amides is 8. The van der Waals surface area contributed by atoms with Crippen molar-refractivity contribution in [1.82, 2.24) is 37.2 Å². The fourth-order valence-corrected chi connectivity index (χ4v) is 8.38. The van der Waals surface area contributed by atoms with Crippen LogP contribution in [0.1, 0.15) is 56.7 Å². The molecule has 4 aromatic carbocycles. The molecule has 9 atom stereocenters. The van der Waals surface area contributed by atoms with Gasteiger partial charge in [-0.2, -0.15) is 25.3 Å². The fourth-order valence-electron chi connectivity index (χ4n) is 7.86. The van der Waals surface area contributed by atoms with E-state index in [2.05, 4.69) is 62.5 Å². The van der Waals surface area contributed by atoms with Crippen molar-refractivity contribution >= 4 is 83.3 Å². The van der Waals surface area contributed by atoms with Gasteiger partial charge >= 0.3 is 0 Å². The molecule has 23 heteroatoms. The summed E-state index contributed by atoms with van der Waals surface area (Å²) in [5, 5.41) is 39.8. The Kier molecular flexibility index (Phi) is 24.3. The van der Waals surface area contributed by atoms with E-state index in [1.807, 2.05) is 42.5 Å². The number of carbonyl (C=O) groups excluding carboxylic acids is 8. The summed E-state index contributed by atoms with van der Waals surface area (Å²) in [4.78, 5) is 109. The van der Waals surface area contributed by atoms with E-state index < -0.39 is 120 Å². The summed E-state index contributed by atoms with van der Waals surface area (Å²) < 4.78 is 15.3. The zero-order valence-corrected chi connectivity index (χ0v) is 43.8. The van der Waals surface area contributed by atoms with Crippen molar-refractivity contribution in [2.24, 2.45) is 23.1 Å². The number of hydrogen-bond donors (Lipinski definition) is 14. The highest BCUT2D eigenvalue weighted by molar-refractivity contribution is 7.80. The molecule has 8 amide bonds. The van der Waals surface area contributed by atoms with Gasteiger partial charge in [-0.25, -0.2) is 4.39 Å². The number of thiol groups is 2. The van der Waals surface area contributed by atoms with Gasteiger partial charge < -0.3 is 64.6 Å². The molecule has 0 aromatic heterocycles. The lowest BCUT2D eigenvalue weighted by Gasteiger charge is -2.29. The van der Waals surface area contributed by atoms with Crippen LogP contribution in [0.3, 0.4) is 0 Å². The van der Waals surface area contributed by atoms with Crippen LogP contribution in [0.5, 0.6) is 5.75 Å². The summed E-state index contributed by atoms with van der Waals surface area (Å²) >= 11 is 8.46. The minimum absolute atomic E-state index is 0.00833. The van der Waals surface area contributed by atoms with Gasteiger partial charge in [-0.3, -0.25) is 38.4 Å². The van der Waals surface area contributed by atoms with Crippen molar-refractivity contribution in [3.63, 3.8) is 0 Å². The number of aliphatic hydroxyl groups excluding tert-OH is 1. The first kappa shape index (κ1) is 60.8. The number of hydrogen-bond acceptors (Lipinski definition) is 14. The summed E-state index contributed by atoms with van der Waals surface area (Å²) in [6.07, 6.45) is -1.15. The maximum atomic E-state index is 15.3. The number of primary amides is 1. The maximum Gasteiger partial charge on any atom is 0.244 e. The topological polar surface area (TPSA) is 339 Å². The smallest absolute Gasteiger partial charge is 0.244 e. The number of aliphatic hydroxyl groups is 1. The number of phenolic OH excluding ortho intramolecular Hbond substituents is 1. The molecule has 0 heterocycles. The largest absolute Gasteiger partial charge is 0.508 e. The predicted molar refractivity (Wildman–Crippen MR) is 287 cm³/mol. The lowest BCUT2D eigenvalue weighted by Crippen LogP contribution is -2.62. The Labute approximate surface area is 445 Å². The first-order chi connectivity index (χ1) is 35.6. The number of nitrogens with one attached hydrogen (secondary N) is 7. The van der Waals surface area contributed by atoms with Crippen LogP contribution in [0.4, 0.5) is 4.39 Å². The second-order valence-corrected chi connectivity index (χ2v) is 19.2. The molecule has 4 rings (SSSR count). The molecule has 0 fully saturated rings. The van der Waals surface area contributed by atoms with E-state index in [1.165, 1.54) is 49.4 Å². The molecule has 0 radical (unpaired) electrons. The Morgan fingerprint density at radius 1 is 0.560 bits per heavy atom. The molecule has 406 valence electrons. The number of rotatable bonds is 29. The fraction of sp³-hybridized carbons (Fsp3) is 0.423. The third kappa shape index (κ3) is 18.8. The highest BCUT2D eigenvalue weighted by atomic mass is 32.1. The first-order valence-corrected chi connectivity index (χ1v) is 25.7. The molecular formula is C52H69FN10O10S2. The molecule has 0 spiro atoms. The van der Waals surface area contributed by atoms with Crippen LogP contribution in [-0.2, 0) is 57.6 Å². The molecule has 0 aliphatic carbocycles. The van der Waals surface area contributed by atoms with E-state index >= 15 is 4.39 Å². The van der Waals surface area contributed by atoms with Crippen molar-refractivity contribution in [2.45, 2.75) is 114 Å². The number of halogens is 1. The number of nitrogens with two attached hydrogens (primary N) is 3. The second kappa shape index (κ2) is 29.9. The molecule has 0 saturated carbocycles. The van der Waals surface area contributed by atoms with Crippen LogP contribution in [0.2, 0.25) is 0 Å². The number of phenols is 1. The molecule has 75 heavy (non-hydrogen) atoms. The number of unbranched alkanes of at least 4 members (excludes halogenated alkanes) is 1. The van der Waals surface area contributed by atoms with Crippen molar-refractivity contribution in [2.75, 3.05) is 18.1 Å². The average Bonchev–Trinajstić information content (AvgIpc) is 3.37. The number of carbonyl (C=O) groups is 8. The average molecular weight is 1080 g/mol. The molecule has 0 bridgehead atoms. The minimum atomic E-state index is -1.60. The standard InChI is InChI=1S/C52H69FN10O10S2/c1-28(2)43(52(73)61-42(27-75)51(72)63-44(29(3)64)45(56)66)62-47(68)38(14-8-9-21-54)57-49(70)40(25-34-12-6-7-13-36(34)53)59-48(69)39(24-30-16-19-35(65)20-17-30)58-50(71)41(26-74)60-46(67)37(55)23-31-15-18-32-10-4-5-11-33(32)22-31/h4-7,10-13,15-20,22,28-29,37-44,64-65,74-75H,8-9,14,21,23-27,54-55H2,1-3H3,(H2,56,66)(H,57,70)(H,58,71)(H,59,69)(H,60,67)(H,61,73)(H,62,68)(H,63,72)/t29-,37+,38+,39+,40-,41+,42+,43+,44+/m1/s1. The van der Waals surface area contributed by atoms with Crippen LogP contribution < -0.4 is 54.4 Å². The molecule has 0 aliphatic rings. The van der Waals surface area contributed by atoms with E-state index in [0.29, 0.717) is 18.4 Å². The third-order valence-corrected chi connectivity index (χ3v) is 12.9. The summed E-state index contributed by atoms with van der Waals surface area (Å²) in [6.45, 7) is 4.69. The van der Waals surface area contributed by atoms with Crippen LogP contribution in [0.15, 0.2) is 91.0 Å². The highest BCUT2D eigenvalue weighted by Gasteiger charge is 2.35. The lowest BCUT2D eigenvalue weighted by atomic mass is 10.00. The molecule has 20 nitrogen and oxygen atoms in total. The van der Waals surface area contributed by atoms with E-state index in [-0.39, 0.29) is 48.6 Å². The van der Waals surface area contributed by atoms with Crippen molar-refractivity contribution in [3.05, 3.63) is 114 Å². The highest BCUT2D eigenvalue weighted by Crippen LogP contribution is 2.18. The van der Waals surface area contributed by atoms with Gasteiger partial charge in [0.15, 0.2) is 0 Å². The number of benzene rings is 4. The Morgan fingerprint density at radius 3 is 1.63 bits per heavy atom. The van der Waals surface area contributed by atoms with Crippen molar-refractivity contribution in [1.29, 1.82) is 0 Å². The maximum absolute atomic E-state index is 15.3. The molecule has 0 unspecified atom stereocenters. The van der Waals surface area contributed by atoms with Gasteiger partial charge in [-0.1, -0.05) is 86.6 Å². The summed E-state index contributed by atoms with van der Waals surface area (Å²) in [5.74, 6) is -8.83. The molecule has 0 saturated heterocycles. The van der Waals surface area contributed by atoms with Gasteiger partial charge in [-0.15, -0.1) is 0 Å². The second-order valence-electron chi connectivity index (χ2n) is 18.5. The molecular weight excluding hydrogens is 1010 g/mol. The summed E-state index contributed by atoms with van der Waals surface area (Å²) in [6, 6.07) is 13.7. The van der Waals surface area contributed by atoms with Crippen molar-refractivity contribution < 1.29 is 53.0 Å². The van der Waals surface area contributed by atoms with Gasteiger partial charge in [0.05, 0.1) is 12.1 Å². The van der Waals surface area contributed by atoms with Crippen LogP contribution in [-0.4, -0.2) is 130 Å². The van der Waals surface area contributed by atoms with Crippen molar-refractivity contribution in [3.8, 4) is 5.75 Å². The van der Waals surface area contributed by atoms with Gasteiger partial charge in [0.1, 0.15) is 53.9 Å². The first-order valence-electron chi connectivity index (χ1n) is 24.4. The van der Waals surface area contributed by atoms with Crippen LogP contribution >= 0.6 is 25.3 Å². The Morgan fingerprint density at radius 2 is 1.05 bits per heavy atom. The lowest BCUT2D eigenvalue weighted by molar-refractivity contribution is -0.136. The van der Waals surface area contributed by atoms with E-state index in [4.69, 9.17) is 17.2 Å². The number of fused-ring (bicyclic) bond motifs is 1. The normalized spacial score (nSPS) is 14.9. The number of aromatic hydroxyl groups is 1. The van der Waals surface area contributed by atoms with Gasteiger partial charge in [0.2, 0.25) is 47.3 Å². The third-order valence-electron chi connectivity index (χ3n) is 12.2. The summed E-state index contributed by atoms with van der Waals surface area (Å²) in [5.41, 5.74) is 18.6. The zero-order valence-electron chi connectivity index (χ0n) is 42.0. The van der Waals surface area contributed by atoms with E-state index in [9.17, 15) is 48.6 Å². The quantitative estimate of drug-likeness (QED) is 0.0252. The molecule has 0 aliphatic heterocycles. The summed E-state index contributed by atoms with van der Waals surface area (Å²) in [7, 11) is 0.